The Balaban J connectivity index is 0.000000303. The summed E-state index contributed by atoms with van der Waals surface area (Å²) in [7, 11) is -5.80. The van der Waals surface area contributed by atoms with Gasteiger partial charge in [0.25, 0.3) is 20.2 Å². The predicted molar refractivity (Wildman–Crippen MR) is 232 cm³/mol. The highest BCUT2D eigenvalue weighted by Crippen LogP contribution is 2.42. The molecule has 1 unspecified atom stereocenters. The summed E-state index contributed by atoms with van der Waals surface area (Å²) in [6.45, 7) is 10.5. The molecule has 10 nitrogen and oxygen atoms in total. The van der Waals surface area contributed by atoms with Crippen LogP contribution in [0.5, 0.6) is 5.75 Å². The van der Waals surface area contributed by atoms with Crippen LogP contribution in [0.2, 0.25) is 0 Å². The number of pyridine rings is 1. The number of unbranched alkanes of at least 4 members (excludes halogenated alkanes) is 18. The van der Waals surface area contributed by atoms with E-state index in [-0.39, 0.29) is 17.5 Å². The SMILES string of the molecule is C=C[C@H]1CN2CC[C@H]1C[C@H]2[C@H](O)c1ccnc2ccc(OC)cc12.CCCCCCCCCCCCS(=O)(=O)O.CCCCCCCCCCCCS(=O)(=O)O. The summed E-state index contributed by atoms with van der Waals surface area (Å²) in [6.07, 6.45) is 28.9. The number of fused-ring (bicyclic) bond motifs is 4. The zero-order valence-corrected chi connectivity index (χ0v) is 36.6. The van der Waals surface area contributed by atoms with Gasteiger partial charge in [-0.15, -0.1) is 6.58 Å². The molecule has 0 radical (unpaired) electrons. The molecule has 1 aromatic carbocycles. The molecule has 0 saturated carbocycles. The second kappa shape index (κ2) is 28.4. The molecule has 3 fully saturated rings. The first-order valence-corrected chi connectivity index (χ1v) is 24.9. The number of hydrogen-bond acceptors (Lipinski definition) is 8. The molecule has 0 amide bonds. The number of aliphatic hydroxyl groups excluding tert-OH is 1. The van der Waals surface area contributed by atoms with E-state index in [1.54, 1.807) is 13.3 Å². The third kappa shape index (κ3) is 21.1. The molecule has 56 heavy (non-hydrogen) atoms. The van der Waals surface area contributed by atoms with E-state index in [2.05, 4.69) is 36.4 Å². The average Bonchev–Trinajstić information content (AvgIpc) is 3.18. The van der Waals surface area contributed by atoms with E-state index in [1.165, 1.54) is 96.3 Å². The standard InChI is InChI=1S/C20H24N2O2.2C12H26O3S/c1-3-13-12-22-9-7-14(13)10-19(22)20(23)16-6-8-21-18-5-4-15(24-2)11-17(16)18;2*1-2-3-4-5-6-7-8-9-10-11-12-16(13,14)15/h3-6,8,11,13-14,19-20,23H,1,7,9-10,12H2,2H3;2*2-12H2,1H3,(H,13,14,15)/t13-,14-,19-,20+;;/m0../s1. The lowest BCUT2D eigenvalue weighted by Crippen LogP contribution is -2.54. The molecule has 0 spiro atoms. The van der Waals surface area contributed by atoms with E-state index in [9.17, 15) is 21.9 Å². The molecule has 4 heterocycles. The van der Waals surface area contributed by atoms with E-state index in [0.717, 1.165) is 67.4 Å². The molecule has 3 aliphatic rings. The van der Waals surface area contributed by atoms with Crippen molar-refractivity contribution >= 4 is 31.1 Å². The maximum Gasteiger partial charge on any atom is 0.264 e. The molecule has 2 bridgehead atoms. The Kier molecular flexibility index (Phi) is 25.3. The second-order valence-corrected chi connectivity index (χ2v) is 19.1. The minimum absolute atomic E-state index is 0.0799. The third-order valence-corrected chi connectivity index (χ3v) is 12.9. The van der Waals surface area contributed by atoms with Crippen LogP contribution < -0.4 is 4.74 Å². The van der Waals surface area contributed by atoms with Gasteiger partial charge in [0.2, 0.25) is 0 Å². The Bertz CT molecular complexity index is 1520. The summed E-state index contributed by atoms with van der Waals surface area (Å²) < 4.78 is 64.1. The van der Waals surface area contributed by atoms with E-state index in [0.29, 0.717) is 24.7 Å². The summed E-state index contributed by atoms with van der Waals surface area (Å²) in [5, 5.41) is 12.1. The third-order valence-electron chi connectivity index (χ3n) is 11.3. The van der Waals surface area contributed by atoms with Gasteiger partial charge in [0.15, 0.2) is 0 Å². The molecule has 0 aliphatic carbocycles. The molecule has 3 aliphatic heterocycles. The van der Waals surface area contributed by atoms with E-state index < -0.39 is 26.3 Å². The Morgan fingerprint density at radius 3 is 1.68 bits per heavy atom. The van der Waals surface area contributed by atoms with Crippen LogP contribution in [0.1, 0.15) is 167 Å². The fourth-order valence-electron chi connectivity index (χ4n) is 7.99. The van der Waals surface area contributed by atoms with Crippen molar-refractivity contribution in [1.82, 2.24) is 9.88 Å². The summed E-state index contributed by atoms with van der Waals surface area (Å²) >= 11 is 0. The lowest BCUT2D eigenvalue weighted by atomic mass is 9.73. The molecule has 1 aromatic heterocycles. The van der Waals surface area contributed by atoms with E-state index in [4.69, 9.17) is 13.8 Å². The fourth-order valence-corrected chi connectivity index (χ4v) is 9.13. The molecule has 322 valence electrons. The summed E-state index contributed by atoms with van der Waals surface area (Å²) in [5.41, 5.74) is 1.85. The van der Waals surface area contributed by atoms with Gasteiger partial charge >= 0.3 is 0 Å². The number of aliphatic hydroxyl groups is 1. The maximum absolute atomic E-state index is 11.2. The number of benzene rings is 1. The van der Waals surface area contributed by atoms with Crippen molar-refractivity contribution in [3.63, 3.8) is 0 Å². The van der Waals surface area contributed by atoms with Crippen LogP contribution in [0.4, 0.5) is 0 Å². The van der Waals surface area contributed by atoms with Crippen molar-refractivity contribution in [2.24, 2.45) is 11.8 Å². The zero-order chi connectivity index (χ0) is 41.2. The topological polar surface area (TPSA) is 154 Å². The largest absolute Gasteiger partial charge is 0.497 e. The van der Waals surface area contributed by atoms with Gasteiger partial charge in [0, 0.05) is 24.2 Å². The van der Waals surface area contributed by atoms with Gasteiger partial charge in [-0.3, -0.25) is 19.0 Å². The van der Waals surface area contributed by atoms with Crippen LogP contribution in [0.15, 0.2) is 43.1 Å². The number of piperidine rings is 3. The Hall–Kier alpha value is -2.09. The monoisotopic (exact) mass is 825 g/mol. The predicted octanol–water partition coefficient (Wildman–Crippen LogP) is 10.8. The normalized spacial score (nSPS) is 19.8. The number of aromatic nitrogens is 1. The van der Waals surface area contributed by atoms with Gasteiger partial charge < -0.3 is 9.84 Å². The number of ether oxygens (including phenoxy) is 1. The molecule has 3 saturated heterocycles. The highest BCUT2D eigenvalue weighted by molar-refractivity contribution is 7.86. The lowest BCUT2D eigenvalue weighted by Gasteiger charge is -2.50. The smallest absolute Gasteiger partial charge is 0.264 e. The van der Waals surface area contributed by atoms with Crippen molar-refractivity contribution < 1.29 is 35.8 Å². The van der Waals surface area contributed by atoms with Crippen LogP contribution in [-0.2, 0) is 20.2 Å². The van der Waals surface area contributed by atoms with Crippen molar-refractivity contribution in [3.8, 4) is 5.75 Å². The van der Waals surface area contributed by atoms with Gasteiger partial charge in [-0.25, -0.2) is 0 Å². The van der Waals surface area contributed by atoms with Crippen LogP contribution in [0.3, 0.4) is 0 Å². The summed E-state index contributed by atoms with van der Waals surface area (Å²) in [5.74, 6) is 1.85. The first-order chi connectivity index (χ1) is 26.8. The second-order valence-electron chi connectivity index (χ2n) is 15.9. The van der Waals surface area contributed by atoms with Crippen molar-refractivity contribution in [1.29, 1.82) is 0 Å². The first kappa shape index (κ1) is 50.1. The molecule has 12 heteroatoms. The maximum atomic E-state index is 11.2. The van der Waals surface area contributed by atoms with E-state index >= 15 is 0 Å². The Morgan fingerprint density at radius 1 is 0.786 bits per heavy atom. The number of rotatable bonds is 26. The highest BCUT2D eigenvalue weighted by atomic mass is 32.2. The Morgan fingerprint density at radius 2 is 1.27 bits per heavy atom. The summed E-state index contributed by atoms with van der Waals surface area (Å²) in [4.78, 5) is 6.86. The quantitative estimate of drug-likeness (QED) is 0.0474. The van der Waals surface area contributed by atoms with Gasteiger partial charge in [0.05, 0.1) is 30.2 Å². The van der Waals surface area contributed by atoms with Gasteiger partial charge in [-0.2, -0.15) is 16.8 Å². The van der Waals surface area contributed by atoms with Crippen LogP contribution in [-0.4, -0.2) is 78.7 Å². The minimum atomic E-state index is -3.73. The molecule has 2 aromatic rings. The fraction of sp³-hybridized carbons (Fsp3) is 0.750. The van der Waals surface area contributed by atoms with Crippen LogP contribution in [0, 0.1) is 11.8 Å². The zero-order valence-electron chi connectivity index (χ0n) is 35.0. The van der Waals surface area contributed by atoms with E-state index in [1.807, 2.05) is 24.3 Å². The molecule has 5 rings (SSSR count). The van der Waals surface area contributed by atoms with Gasteiger partial charge in [-0.05, 0) is 73.9 Å². The molecular weight excluding hydrogens is 749 g/mol. The van der Waals surface area contributed by atoms with Crippen LogP contribution in [0.25, 0.3) is 10.9 Å². The molecular formula is C44H76N2O8S2. The highest BCUT2D eigenvalue weighted by Gasteiger charge is 2.42. The Labute approximate surface area is 340 Å². The first-order valence-electron chi connectivity index (χ1n) is 21.7. The van der Waals surface area contributed by atoms with Crippen molar-refractivity contribution in [2.45, 2.75) is 167 Å². The summed E-state index contributed by atoms with van der Waals surface area (Å²) in [6, 6.07) is 7.96. The van der Waals surface area contributed by atoms with Gasteiger partial charge in [0.1, 0.15) is 5.75 Å². The number of nitrogens with zero attached hydrogens (tertiary/aromatic N) is 2. The van der Waals surface area contributed by atoms with Crippen molar-refractivity contribution in [3.05, 3.63) is 48.7 Å². The average molecular weight is 825 g/mol. The van der Waals surface area contributed by atoms with Gasteiger partial charge in [-0.1, -0.05) is 135 Å². The minimum Gasteiger partial charge on any atom is -0.497 e. The number of methoxy groups -OCH3 is 1. The molecule has 3 N–H and O–H groups in total. The number of hydrogen-bond donors (Lipinski definition) is 3. The molecule has 5 atom stereocenters. The van der Waals surface area contributed by atoms with Crippen molar-refractivity contribution in [2.75, 3.05) is 31.7 Å². The van der Waals surface area contributed by atoms with Crippen LogP contribution >= 0.6 is 0 Å². The lowest BCUT2D eigenvalue weighted by molar-refractivity contribution is -0.0444.